The summed E-state index contributed by atoms with van der Waals surface area (Å²) in [5.41, 5.74) is 1.71. The summed E-state index contributed by atoms with van der Waals surface area (Å²) < 4.78 is 43.8. The summed E-state index contributed by atoms with van der Waals surface area (Å²) in [6.07, 6.45) is 1.52. The standard InChI is InChI=1S/C40H46O14/c1-47-33-18-26(19-34(48-2)37(33)51-5)39(45)53-13-7-8-25(14-23-9-11-29(41)31(43)16-23)28(15-24-10-12-30(42)32(44)17-24)22-54-40(46)27-20-35(49-3)38(52-6)36(21-27)50-4/h9-12,16-21,25,28,41-44H,7-8,13-15,22H2,1-6H3/t25-,28+/m0/s1. The number of carbonyl (C=O) groups excluding carboxylic acids is 2. The van der Waals surface area contributed by atoms with Crippen molar-refractivity contribution in [3.05, 3.63) is 82.9 Å². The van der Waals surface area contributed by atoms with Crippen LogP contribution in [0.25, 0.3) is 0 Å². The van der Waals surface area contributed by atoms with Gasteiger partial charge < -0.3 is 58.3 Å². The number of benzene rings is 4. The zero-order valence-electron chi connectivity index (χ0n) is 31.0. The molecule has 54 heavy (non-hydrogen) atoms. The van der Waals surface area contributed by atoms with Crippen molar-refractivity contribution in [1.29, 1.82) is 0 Å². The van der Waals surface area contributed by atoms with Gasteiger partial charge in [0.25, 0.3) is 0 Å². The Kier molecular flexibility index (Phi) is 14.3. The Balaban J connectivity index is 1.60. The molecule has 0 amide bonds. The first-order valence-corrected chi connectivity index (χ1v) is 16.9. The Morgan fingerprint density at radius 1 is 0.519 bits per heavy atom. The van der Waals surface area contributed by atoms with Crippen LogP contribution in [0.2, 0.25) is 0 Å². The fourth-order valence-electron chi connectivity index (χ4n) is 6.12. The molecule has 4 aromatic carbocycles. The zero-order valence-corrected chi connectivity index (χ0v) is 31.0. The van der Waals surface area contributed by atoms with Gasteiger partial charge in [-0.3, -0.25) is 0 Å². The highest BCUT2D eigenvalue weighted by Gasteiger charge is 2.27. The van der Waals surface area contributed by atoms with E-state index in [0.717, 1.165) is 0 Å². The van der Waals surface area contributed by atoms with E-state index in [2.05, 4.69) is 0 Å². The first-order valence-electron chi connectivity index (χ1n) is 16.9. The van der Waals surface area contributed by atoms with E-state index in [4.69, 9.17) is 37.9 Å². The second-order valence-electron chi connectivity index (χ2n) is 12.3. The topological polar surface area (TPSA) is 189 Å². The predicted molar refractivity (Wildman–Crippen MR) is 196 cm³/mol. The van der Waals surface area contributed by atoms with Gasteiger partial charge in [0, 0.05) is 5.92 Å². The highest BCUT2D eigenvalue weighted by atomic mass is 16.5. The van der Waals surface area contributed by atoms with Crippen LogP contribution in [-0.2, 0) is 22.3 Å². The molecule has 0 aromatic heterocycles. The van der Waals surface area contributed by atoms with Crippen molar-refractivity contribution >= 4 is 11.9 Å². The molecule has 4 N–H and O–H groups in total. The number of carbonyl (C=O) groups is 2. The summed E-state index contributed by atoms with van der Waals surface area (Å²) >= 11 is 0. The third kappa shape index (κ3) is 10.0. The average Bonchev–Trinajstić information content (AvgIpc) is 3.18. The van der Waals surface area contributed by atoms with Crippen LogP contribution < -0.4 is 28.4 Å². The minimum absolute atomic E-state index is 0.0325. The van der Waals surface area contributed by atoms with Crippen molar-refractivity contribution in [2.45, 2.75) is 25.7 Å². The summed E-state index contributed by atoms with van der Waals surface area (Å²) in [4.78, 5) is 26.6. The summed E-state index contributed by atoms with van der Waals surface area (Å²) in [5, 5.41) is 40.5. The van der Waals surface area contributed by atoms with Crippen LogP contribution in [0.15, 0.2) is 60.7 Å². The van der Waals surface area contributed by atoms with E-state index in [1.165, 1.54) is 91.2 Å². The van der Waals surface area contributed by atoms with Crippen molar-refractivity contribution in [2.24, 2.45) is 11.8 Å². The number of hydrogen-bond donors (Lipinski definition) is 4. The number of methoxy groups -OCH3 is 6. The molecule has 0 aliphatic carbocycles. The van der Waals surface area contributed by atoms with Gasteiger partial charge >= 0.3 is 11.9 Å². The number of ether oxygens (including phenoxy) is 8. The molecule has 14 nitrogen and oxygen atoms in total. The lowest BCUT2D eigenvalue weighted by molar-refractivity contribution is 0.0361. The van der Waals surface area contributed by atoms with Gasteiger partial charge in [0.15, 0.2) is 46.0 Å². The van der Waals surface area contributed by atoms with Crippen molar-refractivity contribution in [1.82, 2.24) is 0 Å². The number of esters is 2. The van der Waals surface area contributed by atoms with E-state index < -0.39 is 17.9 Å². The van der Waals surface area contributed by atoms with Gasteiger partial charge in [-0.2, -0.15) is 0 Å². The Morgan fingerprint density at radius 2 is 0.926 bits per heavy atom. The molecule has 0 spiro atoms. The number of aromatic hydroxyl groups is 4. The molecule has 0 saturated carbocycles. The van der Waals surface area contributed by atoms with Gasteiger partial charge in [-0.1, -0.05) is 12.1 Å². The maximum atomic E-state index is 13.5. The van der Waals surface area contributed by atoms with Gasteiger partial charge in [0.05, 0.1) is 67.0 Å². The molecule has 0 fully saturated rings. The second kappa shape index (κ2) is 19.1. The molecule has 0 unspecified atom stereocenters. The molecular formula is C40H46O14. The molecule has 0 aliphatic heterocycles. The van der Waals surface area contributed by atoms with Gasteiger partial charge in [-0.15, -0.1) is 0 Å². The lowest BCUT2D eigenvalue weighted by atomic mass is 9.80. The highest BCUT2D eigenvalue weighted by molar-refractivity contribution is 5.92. The maximum Gasteiger partial charge on any atom is 0.338 e. The van der Waals surface area contributed by atoms with E-state index in [-0.39, 0.29) is 64.8 Å². The largest absolute Gasteiger partial charge is 0.504 e. The van der Waals surface area contributed by atoms with Crippen LogP contribution in [0.5, 0.6) is 57.5 Å². The summed E-state index contributed by atoms with van der Waals surface area (Å²) in [5.74, 6) is -1.31. The molecule has 4 rings (SSSR count). The Labute approximate surface area is 313 Å². The average molecular weight is 751 g/mol. The van der Waals surface area contributed by atoms with E-state index >= 15 is 0 Å². The van der Waals surface area contributed by atoms with Gasteiger partial charge in [-0.25, -0.2) is 9.59 Å². The molecular weight excluding hydrogens is 704 g/mol. The predicted octanol–water partition coefficient (Wildman–Crippen LogP) is 6.07. The summed E-state index contributed by atoms with van der Waals surface area (Å²) in [7, 11) is 8.66. The second-order valence-corrected chi connectivity index (χ2v) is 12.3. The maximum absolute atomic E-state index is 13.5. The first-order chi connectivity index (χ1) is 26.0. The van der Waals surface area contributed by atoms with Gasteiger partial charge in [0.2, 0.25) is 11.5 Å². The number of phenols is 4. The SMILES string of the molecule is COc1cc(C(=O)OCCC[C@@H](Cc2ccc(O)c(O)c2)[C@@H](COC(=O)c2cc(OC)c(OC)c(OC)c2)Cc2ccc(O)c(O)c2)cc(OC)c1OC. The summed E-state index contributed by atoms with van der Waals surface area (Å²) in [6.45, 7) is -0.0537. The van der Waals surface area contributed by atoms with Crippen molar-refractivity contribution in [3.63, 3.8) is 0 Å². The van der Waals surface area contributed by atoms with Crippen LogP contribution >= 0.6 is 0 Å². The molecule has 4 aromatic rings. The van der Waals surface area contributed by atoms with Crippen molar-refractivity contribution < 1.29 is 67.9 Å². The van der Waals surface area contributed by atoms with Gasteiger partial charge in [0.1, 0.15) is 0 Å². The lowest BCUT2D eigenvalue weighted by Crippen LogP contribution is -2.26. The number of phenolic OH excluding ortho intramolecular Hbond substituents is 4. The van der Waals surface area contributed by atoms with E-state index in [1.807, 2.05) is 0 Å². The first kappa shape index (κ1) is 40.6. The minimum atomic E-state index is -0.659. The lowest BCUT2D eigenvalue weighted by Gasteiger charge is -2.28. The van der Waals surface area contributed by atoms with Crippen LogP contribution in [0.1, 0.15) is 44.7 Å². The molecule has 290 valence electrons. The normalized spacial score (nSPS) is 11.9. The fraction of sp³-hybridized carbons (Fsp3) is 0.350. The van der Waals surface area contributed by atoms with Crippen LogP contribution in [-0.4, -0.2) is 88.2 Å². The third-order valence-corrected chi connectivity index (χ3v) is 8.92. The van der Waals surface area contributed by atoms with Crippen LogP contribution in [0, 0.1) is 11.8 Å². The molecule has 0 aliphatic rings. The Hall–Kier alpha value is -6.18. The van der Waals surface area contributed by atoms with Crippen molar-refractivity contribution in [3.8, 4) is 57.5 Å². The monoisotopic (exact) mass is 750 g/mol. The highest BCUT2D eigenvalue weighted by Crippen LogP contribution is 2.40. The third-order valence-electron chi connectivity index (χ3n) is 8.92. The molecule has 0 saturated heterocycles. The minimum Gasteiger partial charge on any atom is -0.504 e. The number of rotatable bonds is 19. The van der Waals surface area contributed by atoms with Crippen LogP contribution in [0.3, 0.4) is 0 Å². The quantitative estimate of drug-likeness (QED) is 0.0491. The smallest absolute Gasteiger partial charge is 0.338 e. The van der Waals surface area contributed by atoms with Crippen LogP contribution in [0.4, 0.5) is 0 Å². The molecule has 2 atom stereocenters. The molecule has 0 radical (unpaired) electrons. The molecule has 14 heteroatoms. The van der Waals surface area contributed by atoms with E-state index in [0.29, 0.717) is 59.8 Å². The fourth-order valence-corrected chi connectivity index (χ4v) is 6.12. The Morgan fingerprint density at radius 3 is 1.31 bits per heavy atom. The zero-order chi connectivity index (χ0) is 39.4. The number of hydrogen-bond acceptors (Lipinski definition) is 14. The molecule has 0 heterocycles. The van der Waals surface area contributed by atoms with Crippen molar-refractivity contribution in [2.75, 3.05) is 55.9 Å². The van der Waals surface area contributed by atoms with E-state index in [1.54, 1.807) is 12.1 Å². The van der Waals surface area contributed by atoms with E-state index in [9.17, 15) is 30.0 Å². The van der Waals surface area contributed by atoms with Gasteiger partial charge in [-0.05, 0) is 91.3 Å². The Bertz CT molecular complexity index is 1860. The summed E-state index contributed by atoms with van der Waals surface area (Å²) in [6, 6.07) is 14.9. The molecule has 0 bridgehead atoms.